The Morgan fingerprint density at radius 2 is 1.85 bits per heavy atom. The number of sulfonamides is 1. The SMILES string of the molecule is CS(=O)(=O)CCS(=O)(=O)N1CC(N)Cc2ccccc21. The Hall–Kier alpha value is -1.12. The fourth-order valence-corrected chi connectivity index (χ4v) is 5.39. The normalized spacial score (nSPS) is 19.7. The van der Waals surface area contributed by atoms with Crippen LogP contribution in [0.2, 0.25) is 0 Å². The van der Waals surface area contributed by atoms with E-state index < -0.39 is 25.6 Å². The van der Waals surface area contributed by atoms with Gasteiger partial charge in [0.2, 0.25) is 10.0 Å². The molecule has 0 fully saturated rings. The van der Waals surface area contributed by atoms with Crippen LogP contribution < -0.4 is 10.0 Å². The summed E-state index contributed by atoms with van der Waals surface area (Å²) in [7, 11) is -7.01. The second-order valence-corrected chi connectivity index (χ2v) is 9.34. The third-order valence-corrected chi connectivity index (χ3v) is 6.13. The maximum Gasteiger partial charge on any atom is 0.236 e. The molecule has 8 heteroatoms. The number of hydrogen-bond donors (Lipinski definition) is 1. The Balaban J connectivity index is 2.32. The van der Waals surface area contributed by atoms with E-state index in [0.29, 0.717) is 12.1 Å². The summed E-state index contributed by atoms with van der Waals surface area (Å²) in [5.74, 6) is -0.809. The second kappa shape index (κ2) is 5.34. The summed E-state index contributed by atoms with van der Waals surface area (Å²) in [6, 6.07) is 6.87. The first kappa shape index (κ1) is 15.3. The minimum absolute atomic E-state index is 0.184. The van der Waals surface area contributed by atoms with Gasteiger partial charge in [0.25, 0.3) is 0 Å². The largest absolute Gasteiger partial charge is 0.326 e. The van der Waals surface area contributed by atoms with Crippen molar-refractivity contribution in [2.24, 2.45) is 5.73 Å². The maximum absolute atomic E-state index is 12.3. The van der Waals surface area contributed by atoms with Gasteiger partial charge in [0.1, 0.15) is 9.84 Å². The van der Waals surface area contributed by atoms with Crippen LogP contribution >= 0.6 is 0 Å². The van der Waals surface area contributed by atoms with E-state index >= 15 is 0 Å². The van der Waals surface area contributed by atoms with Crippen LogP contribution in [0.15, 0.2) is 24.3 Å². The molecular formula is C12H18N2O4S2. The number of nitrogens with two attached hydrogens (primary N) is 1. The lowest BCUT2D eigenvalue weighted by molar-refractivity contribution is 0.574. The lowest BCUT2D eigenvalue weighted by atomic mass is 10.0. The molecule has 0 aliphatic carbocycles. The summed E-state index contributed by atoms with van der Waals surface area (Å²) in [6.45, 7) is 0.184. The van der Waals surface area contributed by atoms with E-state index in [9.17, 15) is 16.8 Å². The molecule has 0 saturated heterocycles. The molecule has 2 rings (SSSR count). The number of sulfone groups is 1. The Morgan fingerprint density at radius 3 is 2.50 bits per heavy atom. The zero-order valence-electron chi connectivity index (χ0n) is 11.2. The highest BCUT2D eigenvalue weighted by molar-refractivity contribution is 7.95. The molecule has 20 heavy (non-hydrogen) atoms. The second-order valence-electron chi connectivity index (χ2n) is 5.07. The Morgan fingerprint density at radius 1 is 1.20 bits per heavy atom. The third-order valence-electron chi connectivity index (χ3n) is 3.19. The van der Waals surface area contributed by atoms with Gasteiger partial charge in [0.05, 0.1) is 17.2 Å². The molecule has 112 valence electrons. The van der Waals surface area contributed by atoms with Gasteiger partial charge in [0.15, 0.2) is 0 Å². The molecule has 1 unspecified atom stereocenters. The molecule has 6 nitrogen and oxygen atoms in total. The van der Waals surface area contributed by atoms with E-state index in [2.05, 4.69) is 0 Å². The zero-order valence-corrected chi connectivity index (χ0v) is 12.8. The number of rotatable bonds is 4. The Labute approximate surface area is 119 Å². The molecule has 0 saturated carbocycles. The van der Waals surface area contributed by atoms with Crippen molar-refractivity contribution < 1.29 is 16.8 Å². The quantitative estimate of drug-likeness (QED) is 0.825. The lowest BCUT2D eigenvalue weighted by Gasteiger charge is -2.33. The van der Waals surface area contributed by atoms with Gasteiger partial charge in [-0.2, -0.15) is 0 Å². The summed E-state index contributed by atoms with van der Waals surface area (Å²) >= 11 is 0. The van der Waals surface area contributed by atoms with Crippen LogP contribution in [0.25, 0.3) is 0 Å². The molecule has 1 heterocycles. The van der Waals surface area contributed by atoms with Crippen molar-refractivity contribution in [2.45, 2.75) is 12.5 Å². The average Bonchev–Trinajstić information content (AvgIpc) is 2.35. The Kier molecular flexibility index (Phi) is 4.08. The molecule has 1 aliphatic rings. The highest BCUT2D eigenvalue weighted by Gasteiger charge is 2.30. The van der Waals surface area contributed by atoms with Crippen molar-refractivity contribution in [3.63, 3.8) is 0 Å². The number of anilines is 1. The maximum atomic E-state index is 12.3. The van der Waals surface area contributed by atoms with Crippen molar-refractivity contribution >= 4 is 25.5 Å². The zero-order chi connectivity index (χ0) is 15.0. The van der Waals surface area contributed by atoms with E-state index in [4.69, 9.17) is 5.73 Å². The van der Waals surface area contributed by atoms with E-state index in [1.54, 1.807) is 12.1 Å². The van der Waals surface area contributed by atoms with Crippen molar-refractivity contribution in [3.05, 3.63) is 29.8 Å². The highest BCUT2D eigenvalue weighted by Crippen LogP contribution is 2.28. The van der Waals surface area contributed by atoms with Gasteiger partial charge in [-0.1, -0.05) is 18.2 Å². The molecular weight excluding hydrogens is 300 g/mol. The molecule has 0 bridgehead atoms. The molecule has 1 aromatic carbocycles. The lowest BCUT2D eigenvalue weighted by Crippen LogP contribution is -2.47. The molecule has 1 aromatic rings. The van der Waals surface area contributed by atoms with Crippen LogP contribution in [-0.4, -0.2) is 47.2 Å². The van der Waals surface area contributed by atoms with Gasteiger partial charge in [-0.3, -0.25) is 4.31 Å². The van der Waals surface area contributed by atoms with Gasteiger partial charge in [0, 0.05) is 18.8 Å². The van der Waals surface area contributed by atoms with E-state index in [1.807, 2.05) is 12.1 Å². The standard InChI is InChI=1S/C12H18N2O4S2/c1-19(15,16)6-7-20(17,18)14-9-11(13)8-10-4-2-3-5-12(10)14/h2-5,11H,6-9,13H2,1H3. The van der Waals surface area contributed by atoms with Gasteiger partial charge < -0.3 is 5.73 Å². The first-order valence-electron chi connectivity index (χ1n) is 6.21. The minimum atomic E-state index is -3.69. The average molecular weight is 318 g/mol. The number of benzene rings is 1. The highest BCUT2D eigenvalue weighted by atomic mass is 32.2. The number of para-hydroxylation sites is 1. The van der Waals surface area contributed by atoms with E-state index in [-0.39, 0.29) is 18.3 Å². The van der Waals surface area contributed by atoms with Gasteiger partial charge in [-0.25, -0.2) is 16.8 Å². The van der Waals surface area contributed by atoms with Crippen LogP contribution in [0, 0.1) is 0 Å². The van der Waals surface area contributed by atoms with Crippen molar-refractivity contribution in [1.29, 1.82) is 0 Å². The number of nitrogens with zero attached hydrogens (tertiary/aromatic N) is 1. The molecule has 1 atom stereocenters. The van der Waals surface area contributed by atoms with E-state index in [0.717, 1.165) is 11.8 Å². The molecule has 0 aromatic heterocycles. The van der Waals surface area contributed by atoms with E-state index in [1.165, 1.54) is 4.31 Å². The fourth-order valence-electron chi connectivity index (χ4n) is 2.22. The van der Waals surface area contributed by atoms with Crippen LogP contribution in [0.5, 0.6) is 0 Å². The van der Waals surface area contributed by atoms with Crippen LogP contribution in [0.3, 0.4) is 0 Å². The van der Waals surface area contributed by atoms with Gasteiger partial charge >= 0.3 is 0 Å². The monoisotopic (exact) mass is 318 g/mol. The summed E-state index contributed by atoms with van der Waals surface area (Å²) < 4.78 is 48.3. The van der Waals surface area contributed by atoms with Crippen molar-refractivity contribution in [1.82, 2.24) is 0 Å². The van der Waals surface area contributed by atoms with Crippen LogP contribution in [-0.2, 0) is 26.3 Å². The fraction of sp³-hybridized carbons (Fsp3) is 0.500. The van der Waals surface area contributed by atoms with Crippen LogP contribution in [0.1, 0.15) is 5.56 Å². The summed E-state index contributed by atoms with van der Waals surface area (Å²) in [4.78, 5) is 0. The van der Waals surface area contributed by atoms with Crippen molar-refractivity contribution in [3.8, 4) is 0 Å². The summed E-state index contributed by atoms with van der Waals surface area (Å²) in [5, 5.41) is 0. The van der Waals surface area contributed by atoms with Gasteiger partial charge in [-0.15, -0.1) is 0 Å². The Bertz CT molecular complexity index is 698. The smallest absolute Gasteiger partial charge is 0.236 e. The topological polar surface area (TPSA) is 97.5 Å². The summed E-state index contributed by atoms with van der Waals surface area (Å²) in [6.07, 6.45) is 1.65. The first-order valence-corrected chi connectivity index (χ1v) is 9.88. The predicted molar refractivity (Wildman–Crippen MR) is 79.0 cm³/mol. The van der Waals surface area contributed by atoms with Gasteiger partial charge in [-0.05, 0) is 18.1 Å². The first-order chi connectivity index (χ1) is 9.19. The molecule has 0 spiro atoms. The van der Waals surface area contributed by atoms with Crippen molar-refractivity contribution in [2.75, 3.05) is 28.6 Å². The molecule has 0 radical (unpaired) electrons. The molecule has 0 amide bonds. The van der Waals surface area contributed by atoms with Crippen LogP contribution in [0.4, 0.5) is 5.69 Å². The molecule has 1 aliphatic heterocycles. The summed E-state index contributed by atoms with van der Waals surface area (Å²) in [5.41, 5.74) is 7.36. The minimum Gasteiger partial charge on any atom is -0.326 e. The number of hydrogen-bond acceptors (Lipinski definition) is 5. The predicted octanol–water partition coefficient (Wildman–Crippen LogP) is -0.249. The number of fused-ring (bicyclic) bond motifs is 1. The molecule has 2 N–H and O–H groups in total. The third kappa shape index (κ3) is 3.50.